The Bertz CT molecular complexity index is 1150. The van der Waals surface area contributed by atoms with E-state index in [-0.39, 0.29) is 11.9 Å². The standard InChI is InChI=1S/C23H27N5OS/c1-27-16-17(18-9-3-4-10-20(18)27)8-7-12-22(29)24-19(13-15-30-2)23-26-25-21-11-5-6-14-28(21)23/h3-6,9-11,14,16,19H,7-8,12-13,15H2,1-2H3,(H,24,29)/t19-/m0/s1. The fourth-order valence-electron chi connectivity index (χ4n) is 3.93. The molecule has 3 aromatic heterocycles. The molecule has 4 rings (SSSR count). The second-order valence-electron chi connectivity index (χ2n) is 7.52. The Morgan fingerprint density at radius 3 is 2.87 bits per heavy atom. The van der Waals surface area contributed by atoms with Gasteiger partial charge in [-0.05, 0) is 55.0 Å². The smallest absolute Gasteiger partial charge is 0.220 e. The number of fused-ring (bicyclic) bond motifs is 2. The topological polar surface area (TPSA) is 64.2 Å². The normalized spacial score (nSPS) is 12.5. The maximum absolute atomic E-state index is 12.7. The van der Waals surface area contributed by atoms with Crippen molar-refractivity contribution in [3.05, 3.63) is 66.2 Å². The fourth-order valence-corrected chi connectivity index (χ4v) is 4.40. The van der Waals surface area contributed by atoms with Crippen molar-refractivity contribution in [3.63, 3.8) is 0 Å². The molecule has 0 aliphatic rings. The molecule has 7 heteroatoms. The van der Waals surface area contributed by atoms with Crippen molar-refractivity contribution in [1.29, 1.82) is 0 Å². The highest BCUT2D eigenvalue weighted by molar-refractivity contribution is 7.98. The van der Waals surface area contributed by atoms with E-state index in [2.05, 4.69) is 63.8 Å². The van der Waals surface area contributed by atoms with Gasteiger partial charge < -0.3 is 9.88 Å². The van der Waals surface area contributed by atoms with E-state index in [0.29, 0.717) is 6.42 Å². The summed E-state index contributed by atoms with van der Waals surface area (Å²) in [5.41, 5.74) is 3.32. The van der Waals surface area contributed by atoms with Crippen LogP contribution >= 0.6 is 11.8 Å². The molecule has 0 aliphatic carbocycles. The number of thioether (sulfide) groups is 1. The first-order chi connectivity index (χ1) is 14.7. The van der Waals surface area contributed by atoms with Gasteiger partial charge in [0.1, 0.15) is 0 Å². The lowest BCUT2D eigenvalue weighted by Crippen LogP contribution is -2.30. The first kappa shape index (κ1) is 20.5. The molecule has 1 N–H and O–H groups in total. The van der Waals surface area contributed by atoms with Gasteiger partial charge in [-0.2, -0.15) is 11.8 Å². The number of carbonyl (C=O) groups is 1. The zero-order valence-electron chi connectivity index (χ0n) is 17.4. The summed E-state index contributed by atoms with van der Waals surface area (Å²) in [6.07, 6.45) is 9.22. The molecular formula is C23H27N5OS. The van der Waals surface area contributed by atoms with Gasteiger partial charge in [0.15, 0.2) is 11.5 Å². The van der Waals surface area contributed by atoms with Gasteiger partial charge in [0.05, 0.1) is 6.04 Å². The molecule has 0 radical (unpaired) electrons. The van der Waals surface area contributed by atoms with Crippen molar-refractivity contribution in [3.8, 4) is 0 Å². The minimum Gasteiger partial charge on any atom is -0.350 e. The molecule has 3 heterocycles. The van der Waals surface area contributed by atoms with Crippen LogP contribution in [0.5, 0.6) is 0 Å². The Labute approximate surface area is 180 Å². The van der Waals surface area contributed by atoms with Crippen LogP contribution in [0.1, 0.15) is 36.7 Å². The van der Waals surface area contributed by atoms with Gasteiger partial charge in [-0.1, -0.05) is 24.3 Å². The number of nitrogens with one attached hydrogen (secondary N) is 1. The molecule has 0 aliphatic heterocycles. The Kier molecular flexibility index (Phi) is 6.38. The van der Waals surface area contributed by atoms with Gasteiger partial charge in [0, 0.05) is 36.8 Å². The van der Waals surface area contributed by atoms with Gasteiger partial charge in [0.2, 0.25) is 5.91 Å². The largest absolute Gasteiger partial charge is 0.350 e. The van der Waals surface area contributed by atoms with Gasteiger partial charge in [-0.15, -0.1) is 10.2 Å². The molecule has 4 aromatic rings. The first-order valence-electron chi connectivity index (χ1n) is 10.3. The third-order valence-electron chi connectivity index (χ3n) is 5.43. The zero-order valence-corrected chi connectivity index (χ0v) is 18.2. The van der Waals surface area contributed by atoms with Crippen LogP contribution in [-0.4, -0.2) is 37.1 Å². The molecule has 1 aromatic carbocycles. The summed E-state index contributed by atoms with van der Waals surface area (Å²) in [4.78, 5) is 12.7. The Hall–Kier alpha value is -2.80. The van der Waals surface area contributed by atoms with Crippen LogP contribution in [0.25, 0.3) is 16.6 Å². The van der Waals surface area contributed by atoms with Crippen LogP contribution in [0.3, 0.4) is 0 Å². The van der Waals surface area contributed by atoms with E-state index >= 15 is 0 Å². The highest BCUT2D eigenvalue weighted by Crippen LogP contribution is 2.22. The maximum Gasteiger partial charge on any atom is 0.220 e. The van der Waals surface area contributed by atoms with Crippen LogP contribution in [0.15, 0.2) is 54.9 Å². The van der Waals surface area contributed by atoms with E-state index in [0.717, 1.165) is 36.5 Å². The Morgan fingerprint density at radius 1 is 1.17 bits per heavy atom. The van der Waals surface area contributed by atoms with E-state index in [9.17, 15) is 4.79 Å². The lowest BCUT2D eigenvalue weighted by molar-refractivity contribution is -0.122. The van der Waals surface area contributed by atoms with Gasteiger partial charge >= 0.3 is 0 Å². The lowest BCUT2D eigenvalue weighted by Gasteiger charge is -2.17. The molecule has 1 atom stereocenters. The van der Waals surface area contributed by atoms with Gasteiger partial charge in [-0.25, -0.2) is 0 Å². The van der Waals surface area contributed by atoms with Crippen molar-refractivity contribution in [2.24, 2.45) is 7.05 Å². The molecule has 0 bridgehead atoms. The summed E-state index contributed by atoms with van der Waals surface area (Å²) in [5.74, 6) is 1.80. The number of para-hydroxylation sites is 1. The van der Waals surface area contributed by atoms with Crippen molar-refractivity contribution >= 4 is 34.2 Å². The van der Waals surface area contributed by atoms with Crippen LogP contribution in [0, 0.1) is 0 Å². The quantitative estimate of drug-likeness (QED) is 0.441. The molecule has 0 fully saturated rings. The SMILES string of the molecule is CSCC[C@H](NC(=O)CCCc1cn(C)c2ccccc12)c1nnc2ccccn12. The second kappa shape index (κ2) is 9.34. The number of pyridine rings is 1. The van der Waals surface area contributed by atoms with E-state index in [1.54, 1.807) is 11.8 Å². The number of aromatic nitrogens is 4. The third kappa shape index (κ3) is 4.36. The summed E-state index contributed by atoms with van der Waals surface area (Å²) in [6.45, 7) is 0. The molecule has 6 nitrogen and oxygen atoms in total. The Morgan fingerprint density at radius 2 is 2.00 bits per heavy atom. The number of hydrogen-bond acceptors (Lipinski definition) is 4. The van der Waals surface area contributed by atoms with E-state index < -0.39 is 0 Å². The predicted molar refractivity (Wildman–Crippen MR) is 123 cm³/mol. The average Bonchev–Trinajstić information content (AvgIpc) is 3.33. The third-order valence-corrected chi connectivity index (χ3v) is 6.07. The summed E-state index contributed by atoms with van der Waals surface area (Å²) in [6, 6.07) is 14.1. The molecule has 0 saturated carbocycles. The summed E-state index contributed by atoms with van der Waals surface area (Å²) in [7, 11) is 2.07. The summed E-state index contributed by atoms with van der Waals surface area (Å²) in [5, 5.41) is 13.1. The predicted octanol–water partition coefficient (Wildman–Crippen LogP) is 4.15. The van der Waals surface area contributed by atoms with E-state index in [1.165, 1.54) is 16.5 Å². The highest BCUT2D eigenvalue weighted by atomic mass is 32.2. The van der Waals surface area contributed by atoms with Crippen LogP contribution < -0.4 is 5.32 Å². The highest BCUT2D eigenvalue weighted by Gasteiger charge is 2.20. The van der Waals surface area contributed by atoms with Crippen molar-refractivity contribution in [2.75, 3.05) is 12.0 Å². The lowest BCUT2D eigenvalue weighted by atomic mass is 10.1. The van der Waals surface area contributed by atoms with Crippen LogP contribution in [-0.2, 0) is 18.3 Å². The van der Waals surface area contributed by atoms with Crippen molar-refractivity contribution < 1.29 is 4.79 Å². The first-order valence-corrected chi connectivity index (χ1v) is 11.7. The number of aryl methyl sites for hydroxylation is 2. The number of benzene rings is 1. The molecule has 156 valence electrons. The monoisotopic (exact) mass is 421 g/mol. The van der Waals surface area contributed by atoms with E-state index in [1.807, 2.05) is 28.8 Å². The molecule has 0 saturated heterocycles. The summed E-state index contributed by atoms with van der Waals surface area (Å²) < 4.78 is 4.11. The average molecular weight is 422 g/mol. The maximum atomic E-state index is 12.7. The van der Waals surface area contributed by atoms with Crippen molar-refractivity contribution in [2.45, 2.75) is 31.7 Å². The number of rotatable bonds is 9. The molecular weight excluding hydrogens is 394 g/mol. The molecule has 30 heavy (non-hydrogen) atoms. The zero-order chi connectivity index (χ0) is 20.9. The number of nitrogens with zero attached hydrogens (tertiary/aromatic N) is 4. The van der Waals surface area contributed by atoms with Crippen LogP contribution in [0.2, 0.25) is 0 Å². The number of amides is 1. The Balaban J connectivity index is 1.40. The van der Waals surface area contributed by atoms with Gasteiger partial charge in [0.25, 0.3) is 0 Å². The molecule has 0 spiro atoms. The minimum atomic E-state index is -0.139. The number of hydrogen-bond donors (Lipinski definition) is 1. The van der Waals surface area contributed by atoms with Gasteiger partial charge in [-0.3, -0.25) is 9.20 Å². The minimum absolute atomic E-state index is 0.0639. The number of carbonyl (C=O) groups excluding carboxylic acids is 1. The molecule has 1 amide bonds. The van der Waals surface area contributed by atoms with Crippen molar-refractivity contribution in [1.82, 2.24) is 24.5 Å². The van der Waals surface area contributed by atoms with Crippen LogP contribution in [0.4, 0.5) is 0 Å². The molecule has 0 unspecified atom stereocenters. The fraction of sp³-hybridized carbons (Fsp3) is 0.348. The van der Waals surface area contributed by atoms with E-state index in [4.69, 9.17) is 0 Å². The summed E-state index contributed by atoms with van der Waals surface area (Å²) >= 11 is 1.77. The second-order valence-corrected chi connectivity index (χ2v) is 8.51.